The SMILES string of the molecule is CNC(=O)[C@H](N[C@@H](CCc1ccc(C(F)(F)F)cc1)c1ccc2c(c1)OCCO2)c1ccccc1. The van der Waals surface area contributed by atoms with Crippen LogP contribution in [0.2, 0.25) is 0 Å². The molecule has 2 N–H and O–H groups in total. The van der Waals surface area contributed by atoms with Crippen molar-refractivity contribution in [3.63, 3.8) is 0 Å². The van der Waals surface area contributed by atoms with Crippen LogP contribution in [0.1, 0.15) is 40.8 Å². The molecule has 0 bridgehead atoms. The molecule has 2 atom stereocenters. The van der Waals surface area contributed by atoms with Gasteiger partial charge in [-0.05, 0) is 53.8 Å². The van der Waals surface area contributed by atoms with Gasteiger partial charge in [-0.3, -0.25) is 10.1 Å². The number of alkyl halides is 3. The van der Waals surface area contributed by atoms with Crippen molar-refractivity contribution in [3.05, 3.63) is 95.1 Å². The Morgan fingerprint density at radius 2 is 1.60 bits per heavy atom. The molecular weight excluding hydrogens is 457 g/mol. The fourth-order valence-electron chi connectivity index (χ4n) is 4.11. The quantitative estimate of drug-likeness (QED) is 0.460. The highest BCUT2D eigenvalue weighted by molar-refractivity contribution is 5.83. The predicted molar refractivity (Wildman–Crippen MR) is 126 cm³/mol. The van der Waals surface area contributed by atoms with Crippen LogP contribution >= 0.6 is 0 Å². The molecule has 0 radical (unpaired) electrons. The summed E-state index contributed by atoms with van der Waals surface area (Å²) in [7, 11) is 1.58. The molecule has 3 aromatic carbocycles. The Balaban J connectivity index is 1.60. The lowest BCUT2D eigenvalue weighted by molar-refractivity contribution is -0.137. The van der Waals surface area contributed by atoms with Gasteiger partial charge in [0.1, 0.15) is 19.3 Å². The maximum absolute atomic E-state index is 12.9. The molecule has 1 aliphatic rings. The van der Waals surface area contributed by atoms with Crippen LogP contribution < -0.4 is 20.1 Å². The van der Waals surface area contributed by atoms with Crippen LogP contribution in [0.15, 0.2) is 72.8 Å². The lowest BCUT2D eigenvalue weighted by atomic mass is 9.95. The topological polar surface area (TPSA) is 59.6 Å². The van der Waals surface area contributed by atoms with Crippen molar-refractivity contribution >= 4 is 5.91 Å². The Kier molecular flexibility index (Phi) is 7.60. The van der Waals surface area contributed by atoms with E-state index in [9.17, 15) is 18.0 Å². The molecule has 3 aromatic rings. The van der Waals surface area contributed by atoms with Crippen LogP contribution in [0.4, 0.5) is 13.2 Å². The van der Waals surface area contributed by atoms with E-state index in [0.717, 1.165) is 28.8 Å². The van der Waals surface area contributed by atoms with E-state index in [0.29, 0.717) is 37.6 Å². The maximum atomic E-state index is 12.9. The maximum Gasteiger partial charge on any atom is 0.416 e. The number of amides is 1. The second-order valence-corrected chi connectivity index (χ2v) is 8.31. The molecule has 1 amide bonds. The third kappa shape index (κ3) is 6.14. The Labute approximate surface area is 202 Å². The van der Waals surface area contributed by atoms with Crippen LogP contribution in [-0.2, 0) is 17.4 Å². The lowest BCUT2D eigenvalue weighted by Gasteiger charge is -2.27. The van der Waals surface area contributed by atoms with E-state index in [-0.39, 0.29) is 11.9 Å². The monoisotopic (exact) mass is 484 g/mol. The van der Waals surface area contributed by atoms with Crippen molar-refractivity contribution in [1.29, 1.82) is 0 Å². The van der Waals surface area contributed by atoms with E-state index in [2.05, 4.69) is 10.6 Å². The first kappa shape index (κ1) is 24.6. The minimum Gasteiger partial charge on any atom is -0.486 e. The van der Waals surface area contributed by atoms with Crippen molar-refractivity contribution in [3.8, 4) is 11.5 Å². The molecule has 0 saturated carbocycles. The van der Waals surface area contributed by atoms with E-state index >= 15 is 0 Å². The molecule has 0 saturated heterocycles. The highest BCUT2D eigenvalue weighted by Gasteiger charge is 2.30. The van der Waals surface area contributed by atoms with Crippen molar-refractivity contribution in [2.24, 2.45) is 0 Å². The van der Waals surface area contributed by atoms with Gasteiger partial charge in [0.15, 0.2) is 11.5 Å². The zero-order valence-electron chi connectivity index (χ0n) is 19.3. The largest absolute Gasteiger partial charge is 0.486 e. The van der Waals surface area contributed by atoms with Gasteiger partial charge in [0.2, 0.25) is 5.91 Å². The van der Waals surface area contributed by atoms with Crippen LogP contribution in [0, 0.1) is 0 Å². The first-order valence-corrected chi connectivity index (χ1v) is 11.4. The number of carbonyl (C=O) groups excluding carboxylic acids is 1. The summed E-state index contributed by atoms with van der Waals surface area (Å²) in [6.45, 7) is 0.930. The molecule has 4 rings (SSSR count). The summed E-state index contributed by atoms with van der Waals surface area (Å²) in [5.74, 6) is 1.10. The fraction of sp³-hybridized carbons (Fsp3) is 0.296. The number of hydrogen-bond donors (Lipinski definition) is 2. The number of hydrogen-bond acceptors (Lipinski definition) is 4. The van der Waals surface area contributed by atoms with Gasteiger partial charge in [-0.2, -0.15) is 13.2 Å². The third-order valence-corrected chi connectivity index (χ3v) is 5.98. The van der Waals surface area contributed by atoms with Crippen molar-refractivity contribution in [1.82, 2.24) is 10.6 Å². The van der Waals surface area contributed by atoms with Gasteiger partial charge in [-0.25, -0.2) is 0 Å². The third-order valence-electron chi connectivity index (χ3n) is 5.98. The molecule has 0 spiro atoms. The standard InChI is InChI=1S/C27H27F3N2O3/c1-31-26(33)25(19-5-3-2-4-6-19)32-22(20-10-14-23-24(17-20)35-16-15-34-23)13-9-18-7-11-21(12-8-18)27(28,29)30/h2-8,10-12,14,17,22,25,32H,9,13,15-16H2,1H3,(H,31,33)/t22-,25+/m0/s1. The van der Waals surface area contributed by atoms with E-state index in [4.69, 9.17) is 9.47 Å². The molecule has 0 aromatic heterocycles. The van der Waals surface area contributed by atoms with Gasteiger partial charge in [0.25, 0.3) is 0 Å². The zero-order valence-corrected chi connectivity index (χ0v) is 19.3. The average Bonchev–Trinajstić information content (AvgIpc) is 2.88. The highest BCUT2D eigenvalue weighted by Crippen LogP contribution is 2.35. The van der Waals surface area contributed by atoms with E-state index in [1.807, 2.05) is 48.5 Å². The van der Waals surface area contributed by atoms with E-state index in [1.165, 1.54) is 12.1 Å². The van der Waals surface area contributed by atoms with Gasteiger partial charge in [-0.15, -0.1) is 0 Å². The molecule has 1 heterocycles. The molecule has 0 unspecified atom stereocenters. The molecule has 5 nitrogen and oxygen atoms in total. The summed E-state index contributed by atoms with van der Waals surface area (Å²) in [6.07, 6.45) is -3.31. The first-order chi connectivity index (χ1) is 16.8. The summed E-state index contributed by atoms with van der Waals surface area (Å²) in [5, 5.41) is 6.17. The second-order valence-electron chi connectivity index (χ2n) is 8.31. The molecule has 35 heavy (non-hydrogen) atoms. The summed E-state index contributed by atoms with van der Waals surface area (Å²) in [6, 6.07) is 19.3. The molecule has 8 heteroatoms. The van der Waals surface area contributed by atoms with Crippen LogP contribution in [0.5, 0.6) is 11.5 Å². The minimum absolute atomic E-state index is 0.187. The second kappa shape index (κ2) is 10.8. The number of fused-ring (bicyclic) bond motifs is 1. The molecule has 184 valence electrons. The van der Waals surface area contributed by atoms with Gasteiger partial charge in [-0.1, -0.05) is 48.5 Å². The van der Waals surface area contributed by atoms with E-state index in [1.54, 1.807) is 7.05 Å². The summed E-state index contributed by atoms with van der Waals surface area (Å²) in [4.78, 5) is 12.8. The van der Waals surface area contributed by atoms with Crippen LogP contribution in [-0.4, -0.2) is 26.2 Å². The molecular formula is C27H27F3N2O3. The van der Waals surface area contributed by atoms with Crippen molar-refractivity contribution in [2.75, 3.05) is 20.3 Å². The Morgan fingerprint density at radius 3 is 2.26 bits per heavy atom. The Bertz CT molecular complexity index is 1130. The number of carbonyl (C=O) groups is 1. The van der Waals surface area contributed by atoms with Gasteiger partial charge >= 0.3 is 6.18 Å². The van der Waals surface area contributed by atoms with Gasteiger partial charge < -0.3 is 14.8 Å². The average molecular weight is 485 g/mol. The van der Waals surface area contributed by atoms with Gasteiger partial charge in [0.05, 0.1) is 5.56 Å². The number of halogens is 3. The Morgan fingerprint density at radius 1 is 0.914 bits per heavy atom. The van der Waals surface area contributed by atoms with Crippen LogP contribution in [0.3, 0.4) is 0 Å². The zero-order chi connectivity index (χ0) is 24.8. The number of rotatable bonds is 8. The van der Waals surface area contributed by atoms with Crippen LogP contribution in [0.25, 0.3) is 0 Å². The predicted octanol–water partition coefficient (Wildman–Crippen LogP) is 5.23. The number of likely N-dealkylation sites (N-methyl/N-ethyl adjacent to an activating group) is 1. The number of benzene rings is 3. The minimum atomic E-state index is -4.37. The smallest absolute Gasteiger partial charge is 0.416 e. The van der Waals surface area contributed by atoms with Gasteiger partial charge in [0, 0.05) is 13.1 Å². The molecule has 0 aliphatic carbocycles. The van der Waals surface area contributed by atoms with E-state index < -0.39 is 17.8 Å². The fourth-order valence-corrected chi connectivity index (χ4v) is 4.11. The summed E-state index contributed by atoms with van der Waals surface area (Å²) in [5.41, 5.74) is 1.81. The molecule has 1 aliphatic heterocycles. The molecule has 0 fully saturated rings. The number of aryl methyl sites for hydroxylation is 1. The summed E-state index contributed by atoms with van der Waals surface area (Å²) >= 11 is 0. The number of ether oxygens (including phenoxy) is 2. The van der Waals surface area contributed by atoms with Crippen molar-refractivity contribution < 1.29 is 27.4 Å². The lowest BCUT2D eigenvalue weighted by Crippen LogP contribution is -2.38. The number of nitrogens with one attached hydrogen (secondary N) is 2. The Hall–Kier alpha value is -3.52. The normalized spacial score (nSPS) is 14.7. The first-order valence-electron chi connectivity index (χ1n) is 11.4. The summed E-state index contributed by atoms with van der Waals surface area (Å²) < 4.78 is 50.2. The highest BCUT2D eigenvalue weighted by atomic mass is 19.4. The van der Waals surface area contributed by atoms with Crippen molar-refractivity contribution in [2.45, 2.75) is 31.1 Å².